The number of nitrogens with zero attached hydrogens (tertiary/aromatic N) is 2. The lowest BCUT2D eigenvalue weighted by atomic mass is 9.96. The minimum atomic E-state index is -0.208. The molecule has 1 aromatic heterocycles. The van der Waals surface area contributed by atoms with Gasteiger partial charge in [-0.05, 0) is 81.9 Å². The van der Waals surface area contributed by atoms with Gasteiger partial charge >= 0.3 is 0 Å². The van der Waals surface area contributed by atoms with Crippen LogP contribution < -0.4 is 15.5 Å². The fraction of sp³-hybridized carbons (Fsp3) is 0.0566. The molecule has 278 valence electrons. The number of anilines is 3. The molecule has 5 heteroatoms. The molecule has 0 radical (unpaired) electrons. The Bertz CT molecular complexity index is 3010. The molecule has 5 nitrogen and oxygen atoms in total. The van der Waals surface area contributed by atoms with E-state index in [0.717, 1.165) is 77.6 Å². The molecule has 1 aliphatic rings. The summed E-state index contributed by atoms with van der Waals surface area (Å²) >= 11 is 0. The van der Waals surface area contributed by atoms with Crippen molar-refractivity contribution in [2.45, 2.75) is 18.5 Å². The van der Waals surface area contributed by atoms with Gasteiger partial charge in [-0.3, -0.25) is 0 Å². The number of hydrogen-bond donors (Lipinski definition) is 2. The van der Waals surface area contributed by atoms with Crippen LogP contribution in [0.1, 0.15) is 35.2 Å². The van der Waals surface area contributed by atoms with Gasteiger partial charge in [0.1, 0.15) is 11.2 Å². The number of fused-ring (bicyclic) bond motifs is 6. The highest BCUT2D eigenvalue weighted by Gasteiger charge is 2.25. The minimum Gasteiger partial charge on any atom is -0.624 e. The molecule has 2 unspecified atom stereocenters. The number of para-hydroxylation sites is 1. The van der Waals surface area contributed by atoms with Gasteiger partial charge in [0.15, 0.2) is 0 Å². The van der Waals surface area contributed by atoms with Crippen LogP contribution in [0, 0.1) is 0 Å². The smallest absolute Gasteiger partial charge is 0.143 e. The molecule has 10 aromatic rings. The van der Waals surface area contributed by atoms with Gasteiger partial charge in [0, 0.05) is 38.8 Å². The number of nitrogens with one attached hydrogen (secondary N) is 2. The van der Waals surface area contributed by atoms with Gasteiger partial charge in [-0.1, -0.05) is 175 Å². The van der Waals surface area contributed by atoms with Crippen molar-refractivity contribution in [1.82, 2.24) is 10.6 Å². The Labute approximate surface area is 337 Å². The molecule has 9 aromatic carbocycles. The molecule has 0 bridgehead atoms. The first-order valence-corrected chi connectivity index (χ1v) is 19.9. The summed E-state index contributed by atoms with van der Waals surface area (Å²) in [6.07, 6.45) is -0.623. The molecule has 0 aliphatic carbocycles. The van der Waals surface area contributed by atoms with Crippen LogP contribution in [0.2, 0.25) is 0 Å². The maximum atomic E-state index is 6.96. The van der Waals surface area contributed by atoms with E-state index in [4.69, 9.17) is 9.73 Å². The molecule has 0 amide bonds. The maximum Gasteiger partial charge on any atom is 0.143 e. The van der Waals surface area contributed by atoms with Gasteiger partial charge in [0.2, 0.25) is 0 Å². The van der Waals surface area contributed by atoms with Gasteiger partial charge < -0.3 is 25.3 Å². The summed E-state index contributed by atoms with van der Waals surface area (Å²) in [5.41, 5.74) is 10.5. The molecule has 2 atom stereocenters. The highest BCUT2D eigenvalue weighted by atomic mass is 16.3. The lowest BCUT2D eigenvalue weighted by molar-refractivity contribution is 0.316. The van der Waals surface area contributed by atoms with Crippen LogP contribution >= 0.6 is 0 Å². The van der Waals surface area contributed by atoms with Crippen molar-refractivity contribution in [3.63, 3.8) is 0 Å². The van der Waals surface area contributed by atoms with Crippen molar-refractivity contribution in [3.05, 3.63) is 228 Å². The van der Waals surface area contributed by atoms with E-state index in [1.165, 1.54) is 10.8 Å². The van der Waals surface area contributed by atoms with E-state index < -0.39 is 0 Å². The third-order valence-electron chi connectivity index (χ3n) is 11.4. The molecule has 0 saturated carbocycles. The first-order chi connectivity index (χ1) is 28.7. The first kappa shape index (κ1) is 34.2. The van der Waals surface area contributed by atoms with E-state index in [-0.39, 0.29) is 18.5 Å². The maximum absolute atomic E-state index is 6.96. The molecule has 58 heavy (non-hydrogen) atoms. The van der Waals surface area contributed by atoms with Crippen LogP contribution in [0.5, 0.6) is 0 Å². The normalized spacial score (nSPS) is 16.9. The van der Waals surface area contributed by atoms with E-state index in [9.17, 15) is 0 Å². The number of hydrogen-bond acceptors (Lipinski definition) is 4. The largest absolute Gasteiger partial charge is 0.624 e. The molecule has 1 aliphatic heterocycles. The van der Waals surface area contributed by atoms with Crippen molar-refractivity contribution in [2.75, 3.05) is 4.90 Å². The Kier molecular flexibility index (Phi) is 8.55. The summed E-state index contributed by atoms with van der Waals surface area (Å²) in [5.74, 6) is 0. The third-order valence-corrected chi connectivity index (χ3v) is 11.4. The van der Waals surface area contributed by atoms with Gasteiger partial charge in [-0.15, -0.1) is 0 Å². The average Bonchev–Trinajstić information content (AvgIpc) is 3.69. The Morgan fingerprint density at radius 1 is 0.397 bits per heavy atom. The SMILES string of the molecule is c1ccc(C2[N-]C(c3ccccc3)NC(c3cc(-c4ccc(N(c5ccccc5)c5ccc6ccccc6c5)cc4)c4oc5c6ccccc6ccc5c4c3)N2)cc1. The molecular weight excluding hydrogens is 709 g/mol. The van der Waals surface area contributed by atoms with Crippen LogP contribution in [0.15, 0.2) is 211 Å². The van der Waals surface area contributed by atoms with Gasteiger partial charge in [0.05, 0.1) is 6.17 Å². The summed E-state index contributed by atoms with van der Waals surface area (Å²) in [6.45, 7) is 0. The summed E-state index contributed by atoms with van der Waals surface area (Å²) in [6, 6.07) is 73.1. The van der Waals surface area contributed by atoms with Crippen LogP contribution in [-0.4, -0.2) is 0 Å². The van der Waals surface area contributed by atoms with Crippen LogP contribution in [-0.2, 0) is 0 Å². The van der Waals surface area contributed by atoms with Gasteiger partial charge in [-0.2, -0.15) is 0 Å². The van der Waals surface area contributed by atoms with Crippen molar-refractivity contribution in [2.24, 2.45) is 0 Å². The monoisotopic (exact) mass is 747 g/mol. The molecule has 1 saturated heterocycles. The first-order valence-electron chi connectivity index (χ1n) is 19.9. The van der Waals surface area contributed by atoms with E-state index >= 15 is 0 Å². The van der Waals surface area contributed by atoms with E-state index in [2.05, 4.69) is 222 Å². The highest BCUT2D eigenvalue weighted by Crippen LogP contribution is 2.44. The second-order valence-electron chi connectivity index (χ2n) is 15.0. The summed E-state index contributed by atoms with van der Waals surface area (Å²) < 4.78 is 6.96. The zero-order valence-corrected chi connectivity index (χ0v) is 31.7. The molecule has 2 heterocycles. The Morgan fingerprint density at radius 3 is 1.67 bits per heavy atom. The average molecular weight is 748 g/mol. The molecule has 11 rings (SSSR count). The predicted molar refractivity (Wildman–Crippen MR) is 240 cm³/mol. The fourth-order valence-electron chi connectivity index (χ4n) is 8.57. The number of benzene rings is 9. The predicted octanol–water partition coefficient (Wildman–Crippen LogP) is 14.0. The topological polar surface area (TPSA) is 54.5 Å². The summed E-state index contributed by atoms with van der Waals surface area (Å²) in [7, 11) is 0. The Morgan fingerprint density at radius 2 is 0.966 bits per heavy atom. The van der Waals surface area contributed by atoms with Crippen molar-refractivity contribution < 1.29 is 4.42 Å². The van der Waals surface area contributed by atoms with Crippen molar-refractivity contribution in [3.8, 4) is 11.1 Å². The molecule has 2 N–H and O–H groups in total. The second kappa shape index (κ2) is 14.5. The van der Waals surface area contributed by atoms with Gasteiger partial charge in [-0.25, -0.2) is 0 Å². The number of furan rings is 1. The quantitative estimate of drug-likeness (QED) is 0.170. The van der Waals surface area contributed by atoms with E-state index in [1.54, 1.807) is 0 Å². The van der Waals surface area contributed by atoms with E-state index in [0.29, 0.717) is 0 Å². The molecule has 1 fully saturated rings. The van der Waals surface area contributed by atoms with E-state index in [1.807, 2.05) is 0 Å². The van der Waals surface area contributed by atoms with Crippen LogP contribution in [0.25, 0.3) is 59.9 Å². The summed E-state index contributed by atoms with van der Waals surface area (Å²) in [5, 5.41) is 19.8. The van der Waals surface area contributed by atoms with Crippen molar-refractivity contribution in [1.29, 1.82) is 0 Å². The summed E-state index contributed by atoms with van der Waals surface area (Å²) in [4.78, 5) is 2.32. The Hall–Kier alpha value is -7.02. The Balaban J connectivity index is 1.06. The van der Waals surface area contributed by atoms with Crippen LogP contribution in [0.3, 0.4) is 0 Å². The zero-order chi connectivity index (χ0) is 38.4. The van der Waals surface area contributed by atoms with Crippen molar-refractivity contribution >= 4 is 60.5 Å². The molecule has 0 spiro atoms. The molecular formula is C53H39N4O-. The second-order valence-corrected chi connectivity index (χ2v) is 15.0. The third kappa shape index (κ3) is 6.19. The van der Waals surface area contributed by atoms with Crippen LogP contribution in [0.4, 0.5) is 17.1 Å². The number of rotatable bonds is 7. The lowest BCUT2D eigenvalue weighted by Gasteiger charge is -2.50. The van der Waals surface area contributed by atoms with Gasteiger partial charge in [0.25, 0.3) is 0 Å². The minimum absolute atomic E-state index is 0.206. The standard InChI is InChI=1S/C53H39N4O/c1-4-16-38(17-5-1)51-54-52(39-18-6-2-7-19-39)56-53(55-51)41-33-47(50-48(34-41)46-31-27-36-15-12-13-23-45(36)49(46)58-50)37-25-28-43(29-26-37)57(42-21-8-3-9-22-42)44-30-24-35-14-10-11-20-40(35)32-44/h1-34,51-53,55-56H/q-1. The zero-order valence-electron chi connectivity index (χ0n) is 31.7. The fourth-order valence-corrected chi connectivity index (χ4v) is 8.57. The lowest BCUT2D eigenvalue weighted by Crippen LogP contribution is -2.44. The highest BCUT2D eigenvalue weighted by molar-refractivity contribution is 6.17.